The van der Waals surface area contributed by atoms with Gasteiger partial charge in [-0.15, -0.1) is 11.3 Å². The Bertz CT molecular complexity index is 499. The molecule has 0 atom stereocenters. The van der Waals surface area contributed by atoms with Gasteiger partial charge in [0.15, 0.2) is 0 Å². The van der Waals surface area contributed by atoms with Crippen LogP contribution in [0.3, 0.4) is 0 Å². The molecule has 0 aliphatic heterocycles. The monoisotopic (exact) mass is 285 g/mol. The average Bonchev–Trinajstić information content (AvgIpc) is 2.47. The number of ether oxygens (including phenoxy) is 1. The molecule has 0 spiro atoms. The molecule has 5 nitrogen and oxygen atoms in total. The van der Waals surface area contributed by atoms with E-state index in [1.165, 1.54) is 11.3 Å². The highest BCUT2D eigenvalue weighted by molar-refractivity contribution is 7.12. The number of carboxylic acids is 1. The molecule has 0 radical (unpaired) electrons. The summed E-state index contributed by atoms with van der Waals surface area (Å²) in [5, 5.41) is 11.8. The zero-order valence-electron chi connectivity index (χ0n) is 11.8. The first-order valence-electron chi connectivity index (χ1n) is 5.91. The fraction of sp³-hybridized carbons (Fsp3) is 0.538. The van der Waals surface area contributed by atoms with Gasteiger partial charge in [0.25, 0.3) is 0 Å². The van der Waals surface area contributed by atoms with Gasteiger partial charge in [0.05, 0.1) is 5.56 Å². The lowest BCUT2D eigenvalue weighted by Gasteiger charge is -2.19. The van der Waals surface area contributed by atoms with Crippen molar-refractivity contribution in [3.8, 4) is 0 Å². The summed E-state index contributed by atoms with van der Waals surface area (Å²) in [6.45, 7) is 9.08. The second-order valence-corrected chi connectivity index (χ2v) is 6.66. The Morgan fingerprint density at radius 3 is 2.32 bits per heavy atom. The van der Waals surface area contributed by atoms with Crippen molar-refractivity contribution in [2.45, 2.75) is 46.8 Å². The van der Waals surface area contributed by atoms with Gasteiger partial charge in [-0.05, 0) is 40.2 Å². The maximum atomic E-state index is 11.6. The normalized spacial score (nSPS) is 11.2. The van der Waals surface area contributed by atoms with Crippen LogP contribution in [0.4, 0.5) is 4.79 Å². The zero-order valence-corrected chi connectivity index (χ0v) is 12.6. The molecule has 19 heavy (non-hydrogen) atoms. The number of hydrogen-bond donors (Lipinski definition) is 2. The molecule has 106 valence electrons. The van der Waals surface area contributed by atoms with Crippen molar-refractivity contribution in [2.75, 3.05) is 0 Å². The fourth-order valence-corrected chi connectivity index (χ4v) is 2.77. The van der Waals surface area contributed by atoms with E-state index < -0.39 is 17.7 Å². The first-order valence-corrected chi connectivity index (χ1v) is 6.72. The number of nitrogens with one attached hydrogen (secondary N) is 1. The van der Waals surface area contributed by atoms with Gasteiger partial charge in [-0.2, -0.15) is 0 Å². The third-order valence-corrected chi connectivity index (χ3v) is 3.47. The second-order valence-electron chi connectivity index (χ2n) is 5.23. The maximum Gasteiger partial charge on any atom is 0.407 e. The Hall–Kier alpha value is -1.56. The number of alkyl carbamates (subject to hydrolysis) is 1. The van der Waals surface area contributed by atoms with E-state index in [4.69, 9.17) is 4.74 Å². The number of thiophene rings is 1. The van der Waals surface area contributed by atoms with Crippen molar-refractivity contribution in [1.29, 1.82) is 0 Å². The Morgan fingerprint density at radius 2 is 1.84 bits per heavy atom. The van der Waals surface area contributed by atoms with Crippen LogP contribution in [0.5, 0.6) is 0 Å². The molecule has 0 saturated heterocycles. The molecule has 0 unspecified atom stereocenters. The highest BCUT2D eigenvalue weighted by atomic mass is 32.1. The van der Waals surface area contributed by atoms with Crippen LogP contribution in [0.25, 0.3) is 0 Å². The number of carbonyl (C=O) groups is 2. The van der Waals surface area contributed by atoms with E-state index in [0.29, 0.717) is 5.56 Å². The predicted octanol–water partition coefficient (Wildman–Crippen LogP) is 3.09. The molecule has 0 bridgehead atoms. The average molecular weight is 285 g/mol. The molecular weight excluding hydrogens is 266 g/mol. The van der Waals surface area contributed by atoms with Crippen LogP contribution < -0.4 is 5.32 Å². The van der Waals surface area contributed by atoms with Gasteiger partial charge in [0.1, 0.15) is 5.60 Å². The molecule has 0 aliphatic rings. The summed E-state index contributed by atoms with van der Waals surface area (Å²) in [5.74, 6) is -0.970. The summed E-state index contributed by atoms with van der Waals surface area (Å²) in [5.41, 5.74) is 0.346. The SMILES string of the molecule is Cc1sc(C)c(C(=O)O)c1CNC(=O)OC(C)(C)C. The molecule has 1 heterocycles. The van der Waals surface area contributed by atoms with Gasteiger partial charge in [-0.3, -0.25) is 0 Å². The first-order chi connectivity index (χ1) is 8.61. The smallest absolute Gasteiger partial charge is 0.407 e. The summed E-state index contributed by atoms with van der Waals surface area (Å²) in [4.78, 5) is 24.4. The molecule has 1 aromatic rings. The quantitative estimate of drug-likeness (QED) is 0.894. The first kappa shape index (κ1) is 15.5. The van der Waals surface area contributed by atoms with Gasteiger partial charge in [-0.1, -0.05) is 0 Å². The maximum absolute atomic E-state index is 11.6. The van der Waals surface area contributed by atoms with E-state index in [9.17, 15) is 14.7 Å². The van der Waals surface area contributed by atoms with Crippen LogP contribution in [0.1, 0.15) is 46.4 Å². The van der Waals surface area contributed by atoms with E-state index in [1.807, 2.05) is 6.92 Å². The Kier molecular flexibility index (Phi) is 4.57. The van der Waals surface area contributed by atoms with Gasteiger partial charge in [-0.25, -0.2) is 9.59 Å². The minimum atomic E-state index is -0.970. The topological polar surface area (TPSA) is 75.6 Å². The predicted molar refractivity (Wildman–Crippen MR) is 73.8 cm³/mol. The van der Waals surface area contributed by atoms with E-state index in [2.05, 4.69) is 5.32 Å². The van der Waals surface area contributed by atoms with Gasteiger partial charge in [0.2, 0.25) is 0 Å². The van der Waals surface area contributed by atoms with Crippen molar-refractivity contribution in [3.63, 3.8) is 0 Å². The number of carboxylic acid groups (broad SMARTS) is 1. The molecule has 6 heteroatoms. The Balaban J connectivity index is 2.79. The molecule has 2 N–H and O–H groups in total. The van der Waals surface area contributed by atoms with Crippen LogP contribution in [0.2, 0.25) is 0 Å². The van der Waals surface area contributed by atoms with E-state index in [1.54, 1.807) is 27.7 Å². The fourth-order valence-electron chi connectivity index (χ4n) is 1.70. The summed E-state index contributed by atoms with van der Waals surface area (Å²) in [6, 6.07) is 0. The minimum Gasteiger partial charge on any atom is -0.478 e. The number of hydrogen-bond acceptors (Lipinski definition) is 4. The standard InChI is InChI=1S/C13H19NO4S/c1-7-9(10(11(15)16)8(2)19-7)6-14-12(17)18-13(3,4)5/h6H2,1-5H3,(H,14,17)(H,15,16). The molecule has 0 aliphatic carbocycles. The molecular formula is C13H19NO4S. The highest BCUT2D eigenvalue weighted by Crippen LogP contribution is 2.27. The summed E-state index contributed by atoms with van der Waals surface area (Å²) in [6.07, 6.45) is -0.549. The number of carbonyl (C=O) groups excluding carboxylic acids is 1. The summed E-state index contributed by atoms with van der Waals surface area (Å²) in [7, 11) is 0. The van der Waals surface area contributed by atoms with Crippen molar-refractivity contribution >= 4 is 23.4 Å². The van der Waals surface area contributed by atoms with Crippen LogP contribution >= 0.6 is 11.3 Å². The largest absolute Gasteiger partial charge is 0.478 e. The van der Waals surface area contributed by atoms with Crippen LogP contribution in [0, 0.1) is 13.8 Å². The van der Waals surface area contributed by atoms with Crippen molar-refractivity contribution < 1.29 is 19.4 Å². The number of rotatable bonds is 3. The van der Waals surface area contributed by atoms with E-state index in [-0.39, 0.29) is 12.1 Å². The Morgan fingerprint density at radius 1 is 1.26 bits per heavy atom. The van der Waals surface area contributed by atoms with Gasteiger partial charge >= 0.3 is 12.1 Å². The van der Waals surface area contributed by atoms with Crippen molar-refractivity contribution in [1.82, 2.24) is 5.32 Å². The number of aryl methyl sites for hydroxylation is 2. The van der Waals surface area contributed by atoms with Crippen LogP contribution in [-0.2, 0) is 11.3 Å². The van der Waals surface area contributed by atoms with Gasteiger partial charge in [0, 0.05) is 16.3 Å². The van der Waals surface area contributed by atoms with Crippen LogP contribution in [0.15, 0.2) is 0 Å². The lowest BCUT2D eigenvalue weighted by Crippen LogP contribution is -2.32. The molecule has 1 aromatic heterocycles. The van der Waals surface area contributed by atoms with Crippen molar-refractivity contribution in [3.05, 3.63) is 20.9 Å². The lowest BCUT2D eigenvalue weighted by atomic mass is 10.1. The van der Waals surface area contributed by atoms with Gasteiger partial charge < -0.3 is 15.2 Å². The summed E-state index contributed by atoms with van der Waals surface area (Å²) < 4.78 is 5.11. The van der Waals surface area contributed by atoms with Crippen LogP contribution in [-0.4, -0.2) is 22.8 Å². The number of amides is 1. The third-order valence-electron chi connectivity index (χ3n) is 2.41. The molecule has 1 amide bonds. The molecule has 0 aromatic carbocycles. The minimum absolute atomic E-state index is 0.159. The third kappa shape index (κ3) is 4.24. The zero-order chi connectivity index (χ0) is 14.8. The number of aromatic carboxylic acids is 1. The van der Waals surface area contributed by atoms with E-state index >= 15 is 0 Å². The Labute approximate surface area is 116 Å². The van der Waals surface area contributed by atoms with Crippen molar-refractivity contribution in [2.24, 2.45) is 0 Å². The highest BCUT2D eigenvalue weighted by Gasteiger charge is 2.21. The summed E-state index contributed by atoms with van der Waals surface area (Å²) >= 11 is 1.42. The molecule has 0 fully saturated rings. The van der Waals surface area contributed by atoms with E-state index in [0.717, 1.165) is 9.75 Å². The lowest BCUT2D eigenvalue weighted by molar-refractivity contribution is 0.0521. The molecule has 0 saturated carbocycles. The molecule has 1 rings (SSSR count). The second kappa shape index (κ2) is 5.61.